The molecular formula is C17H22N4O3. The highest BCUT2D eigenvalue weighted by Gasteiger charge is 2.32. The van der Waals surface area contributed by atoms with Crippen molar-refractivity contribution < 1.29 is 14.3 Å². The monoisotopic (exact) mass is 330 g/mol. The summed E-state index contributed by atoms with van der Waals surface area (Å²) in [6.07, 6.45) is 3.14. The molecule has 0 bridgehead atoms. The van der Waals surface area contributed by atoms with E-state index >= 15 is 0 Å². The fourth-order valence-electron chi connectivity index (χ4n) is 2.73. The molecule has 1 aromatic heterocycles. The van der Waals surface area contributed by atoms with Crippen molar-refractivity contribution in [3.63, 3.8) is 0 Å². The van der Waals surface area contributed by atoms with Gasteiger partial charge in [-0.2, -0.15) is 0 Å². The second-order valence-electron chi connectivity index (χ2n) is 5.92. The van der Waals surface area contributed by atoms with Crippen LogP contribution in [-0.4, -0.2) is 53.1 Å². The number of methoxy groups -OCH3 is 2. The van der Waals surface area contributed by atoms with E-state index in [1.54, 1.807) is 14.2 Å². The van der Waals surface area contributed by atoms with E-state index in [1.165, 1.54) is 0 Å². The molecule has 7 nitrogen and oxygen atoms in total. The molecule has 2 aromatic rings. The van der Waals surface area contributed by atoms with Crippen LogP contribution in [-0.2, 0) is 22.6 Å². The van der Waals surface area contributed by atoms with Crippen LogP contribution in [0.5, 0.6) is 5.75 Å². The zero-order valence-electron chi connectivity index (χ0n) is 14.0. The molecule has 1 amide bonds. The van der Waals surface area contributed by atoms with Crippen molar-refractivity contribution in [1.29, 1.82) is 0 Å². The molecule has 1 aliphatic rings. The van der Waals surface area contributed by atoms with E-state index in [9.17, 15) is 4.79 Å². The molecule has 3 rings (SSSR count). The molecule has 128 valence electrons. The van der Waals surface area contributed by atoms with E-state index in [-0.39, 0.29) is 11.9 Å². The van der Waals surface area contributed by atoms with Gasteiger partial charge in [0.2, 0.25) is 5.91 Å². The maximum atomic E-state index is 12.2. The quantitative estimate of drug-likeness (QED) is 0.768. The third-order valence-electron chi connectivity index (χ3n) is 4.23. The van der Waals surface area contributed by atoms with Gasteiger partial charge in [-0.05, 0) is 24.1 Å². The Kier molecular flexibility index (Phi) is 5.10. The lowest BCUT2D eigenvalue weighted by atomic mass is 10.1. The van der Waals surface area contributed by atoms with Crippen molar-refractivity contribution in [2.24, 2.45) is 0 Å². The number of amides is 1. The maximum absolute atomic E-state index is 12.2. The minimum Gasteiger partial charge on any atom is -0.497 e. The van der Waals surface area contributed by atoms with Crippen LogP contribution in [0, 0.1) is 0 Å². The van der Waals surface area contributed by atoms with E-state index in [0.717, 1.165) is 23.4 Å². The summed E-state index contributed by atoms with van der Waals surface area (Å²) in [5.41, 5.74) is 1.95. The third-order valence-corrected chi connectivity index (χ3v) is 4.23. The van der Waals surface area contributed by atoms with Crippen LogP contribution >= 0.6 is 0 Å². The van der Waals surface area contributed by atoms with E-state index in [2.05, 4.69) is 10.3 Å². The van der Waals surface area contributed by atoms with Gasteiger partial charge in [-0.1, -0.05) is 17.3 Å². The van der Waals surface area contributed by atoms with Crippen LogP contribution in [0.25, 0.3) is 0 Å². The molecule has 0 saturated carbocycles. The number of aromatic nitrogens is 3. The number of carbonyl (C=O) groups excluding carboxylic acids is 1. The lowest BCUT2D eigenvalue weighted by molar-refractivity contribution is -0.137. The molecule has 2 heterocycles. The molecule has 0 N–H and O–H groups in total. The van der Waals surface area contributed by atoms with Crippen LogP contribution in [0.4, 0.5) is 0 Å². The zero-order valence-corrected chi connectivity index (χ0v) is 14.0. The predicted molar refractivity (Wildman–Crippen MR) is 87.7 cm³/mol. The smallest absolute Gasteiger partial charge is 0.223 e. The van der Waals surface area contributed by atoms with E-state index in [4.69, 9.17) is 9.47 Å². The molecule has 0 spiro atoms. The number of ether oxygens (including phenoxy) is 2. The van der Waals surface area contributed by atoms with Crippen molar-refractivity contribution in [2.45, 2.75) is 25.5 Å². The molecule has 1 saturated heterocycles. The number of aryl methyl sites for hydroxylation is 1. The van der Waals surface area contributed by atoms with Crippen molar-refractivity contribution in [3.8, 4) is 5.75 Å². The summed E-state index contributed by atoms with van der Waals surface area (Å²) < 4.78 is 12.0. The van der Waals surface area contributed by atoms with Gasteiger partial charge in [0, 0.05) is 26.6 Å². The van der Waals surface area contributed by atoms with Gasteiger partial charge in [0.15, 0.2) is 0 Å². The normalized spacial score (nSPS) is 14.5. The first kappa shape index (κ1) is 16.4. The van der Waals surface area contributed by atoms with Gasteiger partial charge in [0.1, 0.15) is 11.4 Å². The summed E-state index contributed by atoms with van der Waals surface area (Å²) in [4.78, 5) is 14.1. The maximum Gasteiger partial charge on any atom is 0.223 e. The van der Waals surface area contributed by atoms with E-state index < -0.39 is 0 Å². The van der Waals surface area contributed by atoms with Crippen molar-refractivity contribution in [3.05, 3.63) is 41.7 Å². The number of carbonyl (C=O) groups is 1. The Morgan fingerprint density at radius 2 is 2.00 bits per heavy atom. The largest absolute Gasteiger partial charge is 0.497 e. The Hall–Kier alpha value is -2.41. The summed E-state index contributed by atoms with van der Waals surface area (Å²) in [7, 11) is 3.28. The van der Waals surface area contributed by atoms with Gasteiger partial charge in [0.25, 0.3) is 0 Å². The number of hydrogen-bond acceptors (Lipinski definition) is 5. The minimum atomic E-state index is 0.180. The molecule has 7 heteroatoms. The molecular weight excluding hydrogens is 308 g/mol. The van der Waals surface area contributed by atoms with E-state index in [1.807, 2.05) is 40.0 Å². The Bertz CT molecular complexity index is 677. The van der Waals surface area contributed by atoms with Crippen molar-refractivity contribution in [2.75, 3.05) is 27.3 Å². The highest BCUT2D eigenvalue weighted by molar-refractivity contribution is 5.77. The third kappa shape index (κ3) is 3.73. The lowest BCUT2D eigenvalue weighted by Crippen LogP contribution is -2.51. The topological polar surface area (TPSA) is 69.5 Å². The van der Waals surface area contributed by atoms with Gasteiger partial charge in [-0.15, -0.1) is 5.10 Å². The number of benzene rings is 1. The summed E-state index contributed by atoms with van der Waals surface area (Å²) in [5, 5.41) is 8.14. The average molecular weight is 330 g/mol. The molecule has 24 heavy (non-hydrogen) atoms. The Balaban J connectivity index is 1.44. The SMILES string of the molecule is COCc1cn(C2CN(C(=O)CCc3ccc(OC)cc3)C2)nn1. The molecule has 0 atom stereocenters. The fraction of sp³-hybridized carbons (Fsp3) is 0.471. The molecule has 1 aliphatic heterocycles. The molecule has 0 unspecified atom stereocenters. The minimum absolute atomic E-state index is 0.180. The van der Waals surface area contributed by atoms with Crippen molar-refractivity contribution in [1.82, 2.24) is 19.9 Å². The van der Waals surface area contributed by atoms with Crippen LogP contribution in [0.15, 0.2) is 30.5 Å². The van der Waals surface area contributed by atoms with Crippen LogP contribution in [0.3, 0.4) is 0 Å². The number of rotatable bonds is 7. The second kappa shape index (κ2) is 7.44. The standard InChI is InChI=1S/C17H22N4O3/c1-23-12-14-9-21(19-18-14)15-10-20(11-15)17(22)8-5-13-3-6-16(24-2)7-4-13/h3-4,6-7,9,15H,5,8,10-12H2,1-2H3. The number of hydrogen-bond donors (Lipinski definition) is 0. The first-order chi connectivity index (χ1) is 11.7. The van der Waals surface area contributed by atoms with Crippen LogP contribution in [0.2, 0.25) is 0 Å². The summed E-state index contributed by atoms with van der Waals surface area (Å²) >= 11 is 0. The summed E-state index contributed by atoms with van der Waals surface area (Å²) in [5.74, 6) is 1.01. The van der Waals surface area contributed by atoms with Crippen LogP contribution in [0.1, 0.15) is 23.7 Å². The van der Waals surface area contributed by atoms with Gasteiger partial charge in [-0.3, -0.25) is 4.79 Å². The fourth-order valence-corrected chi connectivity index (χ4v) is 2.73. The summed E-state index contributed by atoms with van der Waals surface area (Å²) in [6, 6.07) is 8.05. The molecule has 0 aliphatic carbocycles. The van der Waals surface area contributed by atoms with Gasteiger partial charge in [-0.25, -0.2) is 4.68 Å². The number of likely N-dealkylation sites (tertiary alicyclic amines) is 1. The van der Waals surface area contributed by atoms with Crippen LogP contribution < -0.4 is 4.74 Å². The Morgan fingerprint density at radius 1 is 1.25 bits per heavy atom. The molecule has 1 aromatic carbocycles. The van der Waals surface area contributed by atoms with E-state index in [0.29, 0.717) is 26.1 Å². The van der Waals surface area contributed by atoms with Gasteiger partial charge in [0.05, 0.1) is 26.0 Å². The Morgan fingerprint density at radius 3 is 2.67 bits per heavy atom. The number of nitrogens with zero attached hydrogens (tertiary/aromatic N) is 4. The van der Waals surface area contributed by atoms with Gasteiger partial charge < -0.3 is 14.4 Å². The zero-order chi connectivity index (χ0) is 16.9. The molecule has 1 fully saturated rings. The van der Waals surface area contributed by atoms with Gasteiger partial charge >= 0.3 is 0 Å². The molecule has 0 radical (unpaired) electrons. The first-order valence-corrected chi connectivity index (χ1v) is 8.00. The second-order valence-corrected chi connectivity index (χ2v) is 5.92. The first-order valence-electron chi connectivity index (χ1n) is 8.00. The predicted octanol–water partition coefficient (Wildman–Crippen LogP) is 1.45. The summed E-state index contributed by atoms with van der Waals surface area (Å²) in [6.45, 7) is 1.84. The Labute approximate surface area is 141 Å². The average Bonchev–Trinajstić information content (AvgIpc) is 3.00. The highest BCUT2D eigenvalue weighted by Crippen LogP contribution is 2.22. The highest BCUT2D eigenvalue weighted by atomic mass is 16.5. The lowest BCUT2D eigenvalue weighted by Gasteiger charge is -2.39. The van der Waals surface area contributed by atoms with Crippen molar-refractivity contribution >= 4 is 5.91 Å².